The summed E-state index contributed by atoms with van der Waals surface area (Å²) in [5.41, 5.74) is 0.849. The first-order chi connectivity index (χ1) is 5.25. The molecule has 0 aromatic heterocycles. The molecule has 1 aromatic carbocycles. The SMILES string of the molecule is CN=Cc1cccc(Cl)c1Cl. The van der Waals surface area contributed by atoms with Crippen LogP contribution in [-0.4, -0.2) is 13.3 Å². The lowest BCUT2D eigenvalue weighted by Gasteiger charge is -1.97. The topological polar surface area (TPSA) is 12.4 Å². The highest BCUT2D eigenvalue weighted by atomic mass is 35.5. The quantitative estimate of drug-likeness (QED) is 0.600. The van der Waals surface area contributed by atoms with Crippen molar-refractivity contribution in [1.82, 2.24) is 0 Å². The highest BCUT2D eigenvalue weighted by Gasteiger charge is 1.99. The van der Waals surface area contributed by atoms with Gasteiger partial charge in [-0.25, -0.2) is 0 Å². The predicted molar refractivity (Wildman–Crippen MR) is 50.0 cm³/mol. The molecule has 0 aliphatic rings. The van der Waals surface area contributed by atoms with Gasteiger partial charge in [0.2, 0.25) is 0 Å². The van der Waals surface area contributed by atoms with Crippen molar-refractivity contribution in [2.45, 2.75) is 0 Å². The molecule has 0 saturated heterocycles. The Kier molecular flexibility index (Phi) is 2.92. The van der Waals surface area contributed by atoms with Crippen molar-refractivity contribution in [1.29, 1.82) is 0 Å². The highest BCUT2D eigenvalue weighted by molar-refractivity contribution is 6.43. The standard InChI is InChI=1S/C8H7Cl2N/c1-11-5-6-3-2-4-7(9)8(6)10/h2-5H,1H3. The van der Waals surface area contributed by atoms with Crippen LogP contribution in [-0.2, 0) is 0 Å². The Morgan fingerprint density at radius 2 is 2.09 bits per heavy atom. The van der Waals surface area contributed by atoms with Gasteiger partial charge in [0.25, 0.3) is 0 Å². The average Bonchev–Trinajstić information content (AvgIpc) is 1.99. The molecule has 11 heavy (non-hydrogen) atoms. The van der Waals surface area contributed by atoms with Crippen LogP contribution in [0.2, 0.25) is 10.0 Å². The number of halogens is 2. The van der Waals surface area contributed by atoms with Crippen molar-refractivity contribution < 1.29 is 0 Å². The van der Waals surface area contributed by atoms with Gasteiger partial charge in [-0.1, -0.05) is 35.3 Å². The van der Waals surface area contributed by atoms with Crippen molar-refractivity contribution >= 4 is 29.4 Å². The maximum Gasteiger partial charge on any atom is 0.0679 e. The van der Waals surface area contributed by atoms with E-state index < -0.39 is 0 Å². The van der Waals surface area contributed by atoms with Gasteiger partial charge in [0.05, 0.1) is 10.0 Å². The van der Waals surface area contributed by atoms with Gasteiger partial charge in [-0.05, 0) is 6.07 Å². The van der Waals surface area contributed by atoms with Crippen LogP contribution in [0, 0.1) is 0 Å². The van der Waals surface area contributed by atoms with E-state index in [1.54, 1.807) is 19.3 Å². The first-order valence-corrected chi connectivity index (χ1v) is 3.87. The molecule has 0 aliphatic heterocycles. The molecule has 1 nitrogen and oxygen atoms in total. The number of hydrogen-bond acceptors (Lipinski definition) is 1. The zero-order valence-corrected chi connectivity index (χ0v) is 7.52. The molecule has 0 radical (unpaired) electrons. The molecule has 0 fully saturated rings. The number of rotatable bonds is 1. The van der Waals surface area contributed by atoms with Crippen molar-refractivity contribution in [3.05, 3.63) is 33.8 Å². The van der Waals surface area contributed by atoms with Crippen LogP contribution in [0.25, 0.3) is 0 Å². The van der Waals surface area contributed by atoms with E-state index in [9.17, 15) is 0 Å². The maximum atomic E-state index is 5.85. The highest BCUT2D eigenvalue weighted by Crippen LogP contribution is 2.23. The molecule has 1 aromatic rings. The summed E-state index contributed by atoms with van der Waals surface area (Å²) in [7, 11) is 1.69. The lowest BCUT2D eigenvalue weighted by atomic mass is 10.2. The monoisotopic (exact) mass is 187 g/mol. The van der Waals surface area contributed by atoms with Crippen LogP contribution in [0.5, 0.6) is 0 Å². The molecule has 0 heterocycles. The molecular weight excluding hydrogens is 181 g/mol. The van der Waals surface area contributed by atoms with Gasteiger partial charge in [0.15, 0.2) is 0 Å². The second-order valence-corrected chi connectivity index (χ2v) is 2.82. The summed E-state index contributed by atoms with van der Waals surface area (Å²) in [5.74, 6) is 0. The summed E-state index contributed by atoms with van der Waals surface area (Å²) < 4.78 is 0. The summed E-state index contributed by atoms with van der Waals surface area (Å²) in [6.07, 6.45) is 1.67. The fourth-order valence-electron chi connectivity index (χ4n) is 0.759. The Bertz CT molecular complexity index is 281. The van der Waals surface area contributed by atoms with E-state index in [4.69, 9.17) is 23.2 Å². The average molecular weight is 188 g/mol. The van der Waals surface area contributed by atoms with E-state index in [0.29, 0.717) is 10.0 Å². The zero-order chi connectivity index (χ0) is 8.27. The van der Waals surface area contributed by atoms with Gasteiger partial charge in [-0.3, -0.25) is 4.99 Å². The lowest BCUT2D eigenvalue weighted by molar-refractivity contribution is 1.46. The van der Waals surface area contributed by atoms with Gasteiger partial charge >= 0.3 is 0 Å². The lowest BCUT2D eigenvalue weighted by Crippen LogP contribution is -1.82. The number of benzene rings is 1. The molecule has 0 N–H and O–H groups in total. The molecule has 0 amide bonds. The first-order valence-electron chi connectivity index (χ1n) is 3.12. The maximum absolute atomic E-state index is 5.85. The van der Waals surface area contributed by atoms with Crippen LogP contribution >= 0.6 is 23.2 Å². The number of hydrogen-bond donors (Lipinski definition) is 0. The third kappa shape index (κ3) is 1.95. The summed E-state index contributed by atoms with van der Waals surface area (Å²) in [6, 6.07) is 5.45. The Hall–Kier alpha value is -0.530. The summed E-state index contributed by atoms with van der Waals surface area (Å²) in [6.45, 7) is 0. The van der Waals surface area contributed by atoms with Crippen molar-refractivity contribution in [3.63, 3.8) is 0 Å². The van der Waals surface area contributed by atoms with Crippen molar-refractivity contribution in [2.75, 3.05) is 7.05 Å². The van der Waals surface area contributed by atoms with Crippen LogP contribution in [0.15, 0.2) is 23.2 Å². The number of aliphatic imine (C=N–C) groups is 1. The van der Waals surface area contributed by atoms with E-state index in [0.717, 1.165) is 5.56 Å². The first kappa shape index (κ1) is 8.57. The summed E-state index contributed by atoms with van der Waals surface area (Å²) in [4.78, 5) is 3.84. The van der Waals surface area contributed by atoms with E-state index >= 15 is 0 Å². The summed E-state index contributed by atoms with van der Waals surface area (Å²) in [5, 5.41) is 1.11. The molecule has 0 bridgehead atoms. The molecule has 3 heteroatoms. The molecule has 0 unspecified atom stereocenters. The third-order valence-corrected chi connectivity index (χ3v) is 2.08. The molecule has 0 atom stereocenters. The smallest absolute Gasteiger partial charge is 0.0679 e. The van der Waals surface area contributed by atoms with Crippen LogP contribution in [0.4, 0.5) is 0 Å². The van der Waals surface area contributed by atoms with Gasteiger partial charge < -0.3 is 0 Å². The van der Waals surface area contributed by atoms with E-state index in [1.165, 1.54) is 0 Å². The van der Waals surface area contributed by atoms with Gasteiger partial charge in [-0.2, -0.15) is 0 Å². The van der Waals surface area contributed by atoms with Gasteiger partial charge in [0, 0.05) is 18.8 Å². The molecule has 0 saturated carbocycles. The minimum Gasteiger partial charge on any atom is -0.296 e. The zero-order valence-electron chi connectivity index (χ0n) is 6.01. The van der Waals surface area contributed by atoms with Crippen molar-refractivity contribution in [3.8, 4) is 0 Å². The van der Waals surface area contributed by atoms with Crippen LogP contribution < -0.4 is 0 Å². The fourth-order valence-corrected chi connectivity index (χ4v) is 1.12. The molecule has 0 spiro atoms. The Morgan fingerprint density at radius 3 is 2.73 bits per heavy atom. The normalized spacial score (nSPS) is 10.8. The van der Waals surface area contributed by atoms with E-state index in [2.05, 4.69) is 4.99 Å². The second-order valence-electron chi connectivity index (χ2n) is 2.03. The van der Waals surface area contributed by atoms with Crippen molar-refractivity contribution in [2.24, 2.45) is 4.99 Å². The van der Waals surface area contributed by atoms with E-state index in [-0.39, 0.29) is 0 Å². The minimum absolute atomic E-state index is 0.555. The molecule has 0 aliphatic carbocycles. The summed E-state index contributed by atoms with van der Waals surface area (Å²) >= 11 is 11.6. The molecular formula is C8H7Cl2N. The van der Waals surface area contributed by atoms with Crippen LogP contribution in [0.3, 0.4) is 0 Å². The Morgan fingerprint density at radius 1 is 1.36 bits per heavy atom. The molecule has 58 valence electrons. The Labute approximate surface area is 75.7 Å². The fraction of sp³-hybridized carbons (Fsp3) is 0.125. The van der Waals surface area contributed by atoms with Gasteiger partial charge in [0.1, 0.15) is 0 Å². The third-order valence-electron chi connectivity index (χ3n) is 1.25. The van der Waals surface area contributed by atoms with E-state index in [1.807, 2.05) is 12.1 Å². The largest absolute Gasteiger partial charge is 0.296 e. The Balaban J connectivity index is 3.16. The second kappa shape index (κ2) is 3.74. The van der Waals surface area contributed by atoms with Crippen LogP contribution in [0.1, 0.15) is 5.56 Å². The van der Waals surface area contributed by atoms with Gasteiger partial charge in [-0.15, -0.1) is 0 Å². The molecule has 1 rings (SSSR count). The predicted octanol–water partition coefficient (Wildman–Crippen LogP) is 3.04. The number of nitrogens with zero attached hydrogens (tertiary/aromatic N) is 1. The minimum atomic E-state index is 0.555.